The fraction of sp³-hybridized carbons (Fsp3) is 0.192. The molecule has 0 aliphatic carbocycles. The number of nitrogens with zero attached hydrogens (tertiary/aromatic N) is 1. The number of hydrogen-bond acceptors (Lipinski definition) is 5. The number of benzene rings is 3. The molecule has 1 heterocycles. The Hall–Kier alpha value is -3.42. The number of aromatic nitrogens is 1. The minimum absolute atomic E-state index is 0.152. The van der Waals surface area contributed by atoms with Crippen molar-refractivity contribution < 1.29 is 13.9 Å². The van der Waals surface area contributed by atoms with E-state index in [0.29, 0.717) is 33.8 Å². The normalized spacial score (nSPS) is 11.8. The molecule has 0 fully saturated rings. The first kappa shape index (κ1) is 23.7. The third-order valence-corrected chi connectivity index (χ3v) is 6.06. The Kier molecular flexibility index (Phi) is 7.14. The van der Waals surface area contributed by atoms with Gasteiger partial charge in [0.2, 0.25) is 5.89 Å². The lowest BCUT2D eigenvalue weighted by Crippen LogP contribution is -2.34. The number of anilines is 1. The van der Waals surface area contributed by atoms with Crippen LogP contribution < -0.4 is 15.4 Å². The van der Waals surface area contributed by atoms with Crippen LogP contribution in [0.25, 0.3) is 22.6 Å². The summed E-state index contributed by atoms with van der Waals surface area (Å²) in [6, 6.07) is 18.4. The molecule has 4 rings (SSSR count). The Labute approximate surface area is 208 Å². The van der Waals surface area contributed by atoms with Gasteiger partial charge in [-0.1, -0.05) is 31.5 Å². The van der Waals surface area contributed by atoms with Crippen molar-refractivity contribution in [1.29, 1.82) is 0 Å². The van der Waals surface area contributed by atoms with Crippen molar-refractivity contribution in [3.63, 3.8) is 0 Å². The topological polar surface area (TPSA) is 76.4 Å². The maximum absolute atomic E-state index is 12.6. The van der Waals surface area contributed by atoms with Gasteiger partial charge < -0.3 is 14.5 Å². The number of thiocarbonyl (C=S) groups is 1. The quantitative estimate of drug-likeness (QED) is 0.288. The smallest absolute Gasteiger partial charge is 0.261 e. The van der Waals surface area contributed by atoms with E-state index in [2.05, 4.69) is 41.6 Å². The molecule has 3 aromatic carbocycles. The van der Waals surface area contributed by atoms with Crippen LogP contribution in [0.15, 0.2) is 65.1 Å². The van der Waals surface area contributed by atoms with E-state index in [1.165, 1.54) is 18.7 Å². The van der Waals surface area contributed by atoms with Crippen molar-refractivity contribution in [2.45, 2.75) is 26.2 Å². The number of methoxy groups -OCH3 is 1. The maximum atomic E-state index is 12.6. The molecule has 8 heteroatoms. The van der Waals surface area contributed by atoms with Crippen molar-refractivity contribution in [1.82, 2.24) is 10.3 Å². The Morgan fingerprint density at radius 2 is 1.91 bits per heavy atom. The van der Waals surface area contributed by atoms with Crippen molar-refractivity contribution in [3.05, 3.63) is 76.8 Å². The molecule has 0 bridgehead atoms. The van der Waals surface area contributed by atoms with E-state index in [1.54, 1.807) is 12.1 Å². The number of nitrogens with one attached hydrogen (secondary N) is 2. The summed E-state index contributed by atoms with van der Waals surface area (Å²) in [7, 11) is 1.49. The third-order valence-electron chi connectivity index (χ3n) is 5.62. The van der Waals surface area contributed by atoms with Crippen LogP contribution in [0, 0.1) is 0 Å². The molecule has 1 amide bonds. The lowest BCUT2D eigenvalue weighted by molar-refractivity contribution is 0.0975. The molecule has 0 aliphatic heterocycles. The Bertz CT molecular complexity index is 1350. The van der Waals surface area contributed by atoms with Gasteiger partial charge in [-0.05, 0) is 84.7 Å². The van der Waals surface area contributed by atoms with Crippen molar-refractivity contribution in [2.75, 3.05) is 12.4 Å². The zero-order chi connectivity index (χ0) is 24.2. The summed E-state index contributed by atoms with van der Waals surface area (Å²) in [5.41, 5.74) is 4.69. The number of oxazole rings is 1. The molecular formula is C26H24ClN3O3S. The van der Waals surface area contributed by atoms with Gasteiger partial charge in [-0.25, -0.2) is 4.98 Å². The SMILES string of the molecule is CC[C@H](C)c1ccc2oc(-c3ccc(NC(=S)NC(=O)c4cc(Cl)ccc4OC)cc3)nc2c1. The van der Waals surface area contributed by atoms with E-state index in [0.717, 1.165) is 23.1 Å². The zero-order valence-electron chi connectivity index (χ0n) is 19.0. The first-order valence-electron chi connectivity index (χ1n) is 10.8. The van der Waals surface area contributed by atoms with Gasteiger partial charge in [0.1, 0.15) is 11.3 Å². The second-order valence-corrected chi connectivity index (χ2v) is 8.73. The number of carbonyl (C=O) groups is 1. The third kappa shape index (κ3) is 5.21. The van der Waals surface area contributed by atoms with Gasteiger partial charge in [0, 0.05) is 16.3 Å². The Morgan fingerprint density at radius 1 is 1.15 bits per heavy atom. The summed E-state index contributed by atoms with van der Waals surface area (Å²) in [6.45, 7) is 4.37. The highest BCUT2D eigenvalue weighted by molar-refractivity contribution is 7.80. The van der Waals surface area contributed by atoms with Gasteiger partial charge >= 0.3 is 0 Å². The zero-order valence-corrected chi connectivity index (χ0v) is 20.6. The first-order valence-corrected chi connectivity index (χ1v) is 11.6. The molecule has 0 saturated heterocycles. The fourth-order valence-corrected chi connectivity index (χ4v) is 3.88. The van der Waals surface area contributed by atoms with Crippen LogP contribution in [0.1, 0.15) is 42.1 Å². The molecule has 1 aromatic heterocycles. The largest absolute Gasteiger partial charge is 0.496 e. The van der Waals surface area contributed by atoms with E-state index in [4.69, 9.17) is 33.0 Å². The highest BCUT2D eigenvalue weighted by Gasteiger charge is 2.15. The highest BCUT2D eigenvalue weighted by Crippen LogP contribution is 2.28. The minimum Gasteiger partial charge on any atom is -0.496 e. The molecule has 1 atom stereocenters. The van der Waals surface area contributed by atoms with Crippen LogP contribution in [0.2, 0.25) is 5.02 Å². The van der Waals surface area contributed by atoms with Crippen molar-refractivity contribution in [2.24, 2.45) is 0 Å². The van der Waals surface area contributed by atoms with Gasteiger partial charge in [0.15, 0.2) is 10.7 Å². The van der Waals surface area contributed by atoms with Crippen LogP contribution in [-0.2, 0) is 0 Å². The Balaban J connectivity index is 1.44. The second kappa shape index (κ2) is 10.2. The van der Waals surface area contributed by atoms with Crippen LogP contribution in [0.3, 0.4) is 0 Å². The van der Waals surface area contributed by atoms with Crippen LogP contribution in [-0.4, -0.2) is 23.1 Å². The van der Waals surface area contributed by atoms with E-state index < -0.39 is 5.91 Å². The lowest BCUT2D eigenvalue weighted by atomic mass is 9.98. The number of halogens is 1. The summed E-state index contributed by atoms with van der Waals surface area (Å²) in [4.78, 5) is 17.2. The fourth-order valence-electron chi connectivity index (χ4n) is 3.50. The maximum Gasteiger partial charge on any atom is 0.261 e. The predicted molar refractivity (Wildman–Crippen MR) is 140 cm³/mol. The monoisotopic (exact) mass is 493 g/mol. The van der Waals surface area contributed by atoms with Gasteiger partial charge in [0.25, 0.3) is 5.91 Å². The molecule has 34 heavy (non-hydrogen) atoms. The van der Waals surface area contributed by atoms with Crippen LogP contribution in [0.5, 0.6) is 5.75 Å². The summed E-state index contributed by atoms with van der Waals surface area (Å²) in [5, 5.41) is 6.22. The molecule has 4 aromatic rings. The van der Waals surface area contributed by atoms with E-state index in [9.17, 15) is 4.79 Å². The molecule has 6 nitrogen and oxygen atoms in total. The second-order valence-electron chi connectivity index (χ2n) is 7.89. The van der Waals surface area contributed by atoms with Gasteiger partial charge in [-0.15, -0.1) is 0 Å². The number of fused-ring (bicyclic) bond motifs is 1. The number of hydrogen-bond donors (Lipinski definition) is 2. The van der Waals surface area contributed by atoms with Crippen LogP contribution >= 0.6 is 23.8 Å². The summed E-state index contributed by atoms with van der Waals surface area (Å²) in [6.07, 6.45) is 1.07. The van der Waals surface area contributed by atoms with E-state index in [1.807, 2.05) is 30.3 Å². The summed E-state index contributed by atoms with van der Waals surface area (Å²) in [5.74, 6) is 1.01. The molecule has 0 spiro atoms. The first-order chi connectivity index (χ1) is 16.4. The molecular weight excluding hydrogens is 470 g/mol. The van der Waals surface area contributed by atoms with Crippen molar-refractivity contribution in [3.8, 4) is 17.2 Å². The minimum atomic E-state index is -0.420. The molecule has 0 radical (unpaired) electrons. The average molecular weight is 494 g/mol. The van der Waals surface area contributed by atoms with Crippen molar-refractivity contribution >= 4 is 51.6 Å². The highest BCUT2D eigenvalue weighted by atomic mass is 35.5. The average Bonchev–Trinajstić information content (AvgIpc) is 3.27. The number of carbonyl (C=O) groups excluding carboxylic acids is 1. The van der Waals surface area contributed by atoms with Gasteiger partial charge in [-0.3, -0.25) is 10.1 Å². The lowest BCUT2D eigenvalue weighted by Gasteiger charge is -2.12. The molecule has 0 aliphatic rings. The molecule has 0 unspecified atom stereocenters. The predicted octanol–water partition coefficient (Wildman–Crippen LogP) is 6.80. The molecule has 174 valence electrons. The van der Waals surface area contributed by atoms with E-state index >= 15 is 0 Å². The number of amides is 1. The van der Waals surface area contributed by atoms with Gasteiger partial charge in [-0.2, -0.15) is 0 Å². The van der Waals surface area contributed by atoms with Crippen LogP contribution in [0.4, 0.5) is 5.69 Å². The van der Waals surface area contributed by atoms with E-state index in [-0.39, 0.29) is 5.11 Å². The molecule has 2 N–H and O–H groups in total. The summed E-state index contributed by atoms with van der Waals surface area (Å²) >= 11 is 11.3. The van der Waals surface area contributed by atoms with Gasteiger partial charge in [0.05, 0.1) is 12.7 Å². The molecule has 0 saturated carbocycles. The number of ether oxygens (including phenoxy) is 1. The summed E-state index contributed by atoms with van der Waals surface area (Å²) < 4.78 is 11.2. The number of rotatable bonds is 6. The standard InChI is InChI=1S/C26H24ClN3O3S/c1-4-15(2)17-7-11-23-21(13-17)29-25(33-23)16-5-9-19(10-6-16)28-26(34)30-24(31)20-14-18(27)8-12-22(20)32-3/h5-15H,4H2,1-3H3,(H2,28,30,31,34)/t15-/m0/s1. The Morgan fingerprint density at radius 3 is 2.62 bits per heavy atom.